The number of hydrogen-bond donors (Lipinski definition) is 2. The first-order chi connectivity index (χ1) is 14.6. The van der Waals surface area contributed by atoms with Gasteiger partial charge >= 0.3 is 12.1 Å². The zero-order chi connectivity index (χ0) is 22.3. The maximum absolute atomic E-state index is 11.6. The van der Waals surface area contributed by atoms with E-state index in [1.807, 2.05) is 0 Å². The van der Waals surface area contributed by atoms with Crippen LogP contribution >= 0.6 is 0 Å². The Balaban J connectivity index is 3.22. The molecular formula is C24H46O6. The van der Waals surface area contributed by atoms with Crippen LogP contribution in [0, 0.1) is 0 Å². The number of hydrogen-bond acceptors (Lipinski definition) is 5. The Morgan fingerprint density at radius 3 is 1.40 bits per heavy atom. The zero-order valence-electron chi connectivity index (χ0n) is 19.2. The normalized spacial score (nSPS) is 11.9. The Morgan fingerprint density at radius 2 is 1.00 bits per heavy atom. The summed E-state index contributed by atoms with van der Waals surface area (Å²) in [4.78, 5) is 21.7. The largest absolute Gasteiger partial charge is 0.505 e. The molecule has 0 amide bonds. The van der Waals surface area contributed by atoms with Crippen molar-refractivity contribution >= 4 is 12.1 Å². The molecule has 0 aliphatic carbocycles. The molecule has 0 saturated heterocycles. The van der Waals surface area contributed by atoms with Crippen LogP contribution in [0.1, 0.15) is 122 Å². The third-order valence-electron chi connectivity index (χ3n) is 5.32. The summed E-state index contributed by atoms with van der Waals surface area (Å²) in [5, 5.41) is 17.7. The highest BCUT2D eigenvalue weighted by molar-refractivity contribution is 5.69. The molecule has 0 radical (unpaired) electrons. The summed E-state index contributed by atoms with van der Waals surface area (Å²) in [6, 6.07) is 0. The summed E-state index contributed by atoms with van der Waals surface area (Å²) in [6.07, 6.45) is 19.8. The van der Waals surface area contributed by atoms with Crippen LogP contribution < -0.4 is 0 Å². The fraction of sp³-hybridized carbons (Fsp3) is 0.917. The Kier molecular flexibility index (Phi) is 21.4. The van der Waals surface area contributed by atoms with Crippen molar-refractivity contribution in [3.63, 3.8) is 0 Å². The maximum Gasteiger partial charge on any atom is 0.505 e. The monoisotopic (exact) mass is 430 g/mol. The Hall–Kier alpha value is -1.30. The van der Waals surface area contributed by atoms with Crippen LogP contribution in [0.15, 0.2) is 0 Å². The number of ether oxygens (including phenoxy) is 2. The quantitative estimate of drug-likeness (QED) is 0.148. The van der Waals surface area contributed by atoms with Crippen molar-refractivity contribution in [3.8, 4) is 0 Å². The van der Waals surface area contributed by atoms with Gasteiger partial charge in [-0.25, -0.2) is 4.79 Å². The lowest BCUT2D eigenvalue weighted by atomic mass is 10.0. The molecule has 0 aliphatic rings. The van der Waals surface area contributed by atoms with Crippen molar-refractivity contribution < 1.29 is 29.3 Å². The van der Waals surface area contributed by atoms with Crippen LogP contribution in [0.2, 0.25) is 0 Å². The van der Waals surface area contributed by atoms with Gasteiger partial charge in [0.25, 0.3) is 0 Å². The van der Waals surface area contributed by atoms with Crippen LogP contribution in [0.3, 0.4) is 0 Å². The summed E-state index contributed by atoms with van der Waals surface area (Å²) >= 11 is 0. The molecule has 6 heteroatoms. The number of rotatable bonds is 22. The number of carbonyl (C=O) groups excluding carboxylic acids is 1. The first kappa shape index (κ1) is 28.7. The van der Waals surface area contributed by atoms with Crippen molar-refractivity contribution in [3.05, 3.63) is 0 Å². The molecule has 0 aromatic carbocycles. The predicted molar refractivity (Wildman–Crippen MR) is 120 cm³/mol. The van der Waals surface area contributed by atoms with Crippen molar-refractivity contribution in [2.24, 2.45) is 0 Å². The summed E-state index contributed by atoms with van der Waals surface area (Å²) in [7, 11) is 0. The summed E-state index contributed by atoms with van der Waals surface area (Å²) in [6.45, 7) is 1.65. The van der Waals surface area contributed by atoms with Crippen molar-refractivity contribution in [1.82, 2.24) is 0 Å². The average Bonchev–Trinajstić information content (AvgIpc) is 2.72. The van der Waals surface area contributed by atoms with E-state index < -0.39 is 12.3 Å². The molecule has 6 nitrogen and oxygen atoms in total. The van der Waals surface area contributed by atoms with E-state index in [-0.39, 0.29) is 19.2 Å². The molecular weight excluding hydrogens is 384 g/mol. The van der Waals surface area contributed by atoms with Gasteiger partial charge in [-0.3, -0.25) is 4.79 Å². The lowest BCUT2D eigenvalue weighted by Gasteiger charge is -2.10. The van der Waals surface area contributed by atoms with Gasteiger partial charge in [0.2, 0.25) is 0 Å². The smallest absolute Gasteiger partial charge is 0.463 e. The first-order valence-electron chi connectivity index (χ1n) is 12.3. The molecule has 1 atom stereocenters. The summed E-state index contributed by atoms with van der Waals surface area (Å²) < 4.78 is 9.11. The molecule has 0 fully saturated rings. The van der Waals surface area contributed by atoms with E-state index in [4.69, 9.17) is 9.84 Å². The summed E-state index contributed by atoms with van der Waals surface area (Å²) in [5.41, 5.74) is 0. The van der Waals surface area contributed by atoms with E-state index in [0.717, 1.165) is 19.3 Å². The zero-order valence-corrected chi connectivity index (χ0v) is 19.2. The van der Waals surface area contributed by atoms with Gasteiger partial charge in [0, 0.05) is 6.42 Å². The second kappa shape index (κ2) is 22.4. The van der Waals surface area contributed by atoms with Crippen molar-refractivity contribution in [2.45, 2.75) is 129 Å². The van der Waals surface area contributed by atoms with Crippen LogP contribution in [0.25, 0.3) is 0 Å². The molecule has 0 aliphatic heterocycles. The second-order valence-electron chi connectivity index (χ2n) is 8.32. The molecule has 0 bridgehead atoms. The van der Waals surface area contributed by atoms with Gasteiger partial charge in [0.05, 0.1) is 0 Å². The van der Waals surface area contributed by atoms with Gasteiger partial charge in [-0.15, -0.1) is 0 Å². The topological polar surface area (TPSA) is 93.1 Å². The Bertz CT molecular complexity index is 399. The highest BCUT2D eigenvalue weighted by atomic mass is 16.7. The number of unbranched alkanes of at least 4 members (excludes halogenated alkanes) is 16. The maximum atomic E-state index is 11.6. The van der Waals surface area contributed by atoms with E-state index in [0.29, 0.717) is 6.42 Å². The highest BCUT2D eigenvalue weighted by Gasteiger charge is 2.11. The standard InChI is InChI=1S/C24H46O6/c1-2-3-4-5-6-7-8-9-10-11-12-13-14-15-16-17-18-19-23(26)29-20-22(25)21-30-24(27)28/h22,25H,2-21H2,1H3,(H,27,28)/t22-/m1/s1. The fourth-order valence-electron chi connectivity index (χ4n) is 3.47. The summed E-state index contributed by atoms with van der Waals surface area (Å²) in [5.74, 6) is -0.356. The lowest BCUT2D eigenvalue weighted by molar-refractivity contribution is -0.147. The van der Waals surface area contributed by atoms with Gasteiger partial charge in [-0.1, -0.05) is 110 Å². The number of aliphatic hydroxyl groups is 1. The van der Waals surface area contributed by atoms with Crippen LogP contribution in [-0.2, 0) is 14.3 Å². The van der Waals surface area contributed by atoms with E-state index >= 15 is 0 Å². The lowest BCUT2D eigenvalue weighted by Crippen LogP contribution is -2.24. The molecule has 0 saturated carbocycles. The number of aliphatic hydroxyl groups excluding tert-OH is 1. The molecule has 0 heterocycles. The Morgan fingerprint density at radius 1 is 0.633 bits per heavy atom. The van der Waals surface area contributed by atoms with Crippen LogP contribution in [-0.4, -0.2) is 41.7 Å². The van der Waals surface area contributed by atoms with Gasteiger partial charge in [-0.2, -0.15) is 0 Å². The molecule has 0 rings (SSSR count). The van der Waals surface area contributed by atoms with Crippen LogP contribution in [0.5, 0.6) is 0 Å². The van der Waals surface area contributed by atoms with Crippen molar-refractivity contribution in [2.75, 3.05) is 13.2 Å². The SMILES string of the molecule is CCCCCCCCCCCCCCCCCCCC(=O)OC[C@@H](O)COC(=O)O. The second-order valence-corrected chi connectivity index (χ2v) is 8.32. The number of carboxylic acid groups (broad SMARTS) is 1. The first-order valence-corrected chi connectivity index (χ1v) is 12.3. The van der Waals surface area contributed by atoms with E-state index in [1.165, 1.54) is 89.9 Å². The highest BCUT2D eigenvalue weighted by Crippen LogP contribution is 2.14. The van der Waals surface area contributed by atoms with Gasteiger partial charge in [0.1, 0.15) is 19.3 Å². The third kappa shape index (κ3) is 23.0. The molecule has 0 unspecified atom stereocenters. The van der Waals surface area contributed by atoms with Gasteiger partial charge in [-0.05, 0) is 6.42 Å². The molecule has 178 valence electrons. The van der Waals surface area contributed by atoms with E-state index in [2.05, 4.69) is 11.7 Å². The predicted octanol–water partition coefficient (Wildman–Crippen LogP) is 6.63. The average molecular weight is 431 g/mol. The molecule has 0 spiro atoms. The molecule has 0 aromatic heterocycles. The van der Waals surface area contributed by atoms with E-state index in [9.17, 15) is 14.7 Å². The molecule has 0 aromatic rings. The molecule has 2 N–H and O–H groups in total. The Labute approximate surface area is 183 Å². The minimum absolute atomic E-state index is 0.231. The van der Waals surface area contributed by atoms with Gasteiger partial charge < -0.3 is 19.7 Å². The van der Waals surface area contributed by atoms with Gasteiger partial charge in [0.15, 0.2) is 0 Å². The van der Waals surface area contributed by atoms with Crippen LogP contribution in [0.4, 0.5) is 4.79 Å². The third-order valence-corrected chi connectivity index (χ3v) is 5.32. The number of carbonyl (C=O) groups is 2. The number of esters is 1. The fourth-order valence-corrected chi connectivity index (χ4v) is 3.47. The minimum Gasteiger partial charge on any atom is -0.463 e. The van der Waals surface area contributed by atoms with E-state index in [1.54, 1.807) is 0 Å². The molecule has 30 heavy (non-hydrogen) atoms. The minimum atomic E-state index is -1.45. The van der Waals surface area contributed by atoms with Crippen molar-refractivity contribution in [1.29, 1.82) is 0 Å².